The second-order valence-electron chi connectivity index (χ2n) is 4.40. The van der Waals surface area contributed by atoms with Crippen molar-refractivity contribution in [1.82, 2.24) is 5.32 Å². The van der Waals surface area contributed by atoms with E-state index in [1.807, 2.05) is 17.9 Å². The molecule has 3 nitrogen and oxygen atoms in total. The SMILES string of the molecule is CCN(C[C@@H]1C=C(N)NC1)c1ccc(Cl)cc1F. The van der Waals surface area contributed by atoms with Gasteiger partial charge in [-0.3, -0.25) is 0 Å². The van der Waals surface area contributed by atoms with E-state index in [4.69, 9.17) is 17.3 Å². The Bertz CT molecular complexity index is 462. The summed E-state index contributed by atoms with van der Waals surface area (Å²) in [6.07, 6.45) is 1.98. The number of nitrogens with two attached hydrogens (primary N) is 1. The molecule has 0 amide bonds. The highest BCUT2D eigenvalue weighted by atomic mass is 35.5. The van der Waals surface area contributed by atoms with E-state index in [2.05, 4.69) is 5.32 Å². The van der Waals surface area contributed by atoms with E-state index in [1.54, 1.807) is 12.1 Å². The smallest absolute Gasteiger partial charge is 0.147 e. The lowest BCUT2D eigenvalue weighted by atomic mass is 10.1. The van der Waals surface area contributed by atoms with E-state index in [0.717, 1.165) is 19.6 Å². The fraction of sp³-hybridized carbons (Fsp3) is 0.385. The summed E-state index contributed by atoms with van der Waals surface area (Å²) in [5.74, 6) is 0.722. The van der Waals surface area contributed by atoms with Crippen LogP contribution in [0.1, 0.15) is 6.92 Å². The van der Waals surface area contributed by atoms with Gasteiger partial charge in [-0.2, -0.15) is 0 Å². The van der Waals surface area contributed by atoms with E-state index in [1.165, 1.54) is 6.07 Å². The lowest BCUT2D eigenvalue weighted by Gasteiger charge is -2.26. The summed E-state index contributed by atoms with van der Waals surface area (Å²) in [5, 5.41) is 3.49. The lowest BCUT2D eigenvalue weighted by molar-refractivity contribution is 0.591. The molecule has 5 heteroatoms. The van der Waals surface area contributed by atoms with Crippen LogP contribution in [0, 0.1) is 11.7 Å². The quantitative estimate of drug-likeness (QED) is 0.882. The van der Waals surface area contributed by atoms with Gasteiger partial charge in [-0.05, 0) is 31.2 Å². The first-order valence-corrected chi connectivity index (χ1v) is 6.39. The predicted octanol–water partition coefficient (Wildman–Crippen LogP) is 2.32. The Hall–Kier alpha value is -1.42. The van der Waals surface area contributed by atoms with Gasteiger partial charge in [0, 0.05) is 30.6 Å². The van der Waals surface area contributed by atoms with E-state index in [9.17, 15) is 4.39 Å². The Morgan fingerprint density at radius 1 is 1.56 bits per heavy atom. The van der Waals surface area contributed by atoms with Crippen molar-refractivity contribution in [2.75, 3.05) is 24.5 Å². The number of nitrogens with one attached hydrogen (secondary N) is 1. The summed E-state index contributed by atoms with van der Waals surface area (Å²) in [6, 6.07) is 4.77. The predicted molar refractivity (Wildman–Crippen MR) is 73.1 cm³/mol. The number of hydrogen-bond acceptors (Lipinski definition) is 3. The molecule has 3 N–H and O–H groups in total. The molecule has 1 aliphatic rings. The fourth-order valence-corrected chi connectivity index (χ4v) is 2.32. The Morgan fingerprint density at radius 2 is 2.33 bits per heavy atom. The van der Waals surface area contributed by atoms with Crippen LogP contribution >= 0.6 is 11.6 Å². The molecule has 1 aromatic rings. The molecule has 0 aliphatic carbocycles. The minimum absolute atomic E-state index is 0.285. The van der Waals surface area contributed by atoms with Gasteiger partial charge in [0.25, 0.3) is 0 Å². The van der Waals surface area contributed by atoms with Crippen molar-refractivity contribution in [3.8, 4) is 0 Å². The van der Waals surface area contributed by atoms with Gasteiger partial charge >= 0.3 is 0 Å². The largest absolute Gasteiger partial charge is 0.386 e. The Labute approximate surface area is 111 Å². The summed E-state index contributed by atoms with van der Waals surface area (Å²) in [7, 11) is 0. The van der Waals surface area contributed by atoms with Gasteiger partial charge in [0.15, 0.2) is 0 Å². The van der Waals surface area contributed by atoms with E-state index in [-0.39, 0.29) is 5.82 Å². The number of anilines is 1. The monoisotopic (exact) mass is 269 g/mol. The summed E-state index contributed by atoms with van der Waals surface area (Å²) in [6.45, 7) is 4.28. The minimum Gasteiger partial charge on any atom is -0.386 e. The third-order valence-corrected chi connectivity index (χ3v) is 3.31. The molecule has 1 aromatic carbocycles. The van der Waals surface area contributed by atoms with Crippen molar-refractivity contribution in [3.05, 3.63) is 40.9 Å². The maximum absolute atomic E-state index is 13.9. The Kier molecular flexibility index (Phi) is 3.97. The van der Waals surface area contributed by atoms with Crippen LogP contribution in [0.3, 0.4) is 0 Å². The maximum Gasteiger partial charge on any atom is 0.147 e. The molecule has 0 aromatic heterocycles. The van der Waals surface area contributed by atoms with Crippen LogP contribution < -0.4 is 16.0 Å². The van der Waals surface area contributed by atoms with Crippen LogP contribution in [0.5, 0.6) is 0 Å². The summed E-state index contributed by atoms with van der Waals surface area (Å²) >= 11 is 5.76. The molecule has 1 atom stereocenters. The van der Waals surface area contributed by atoms with Gasteiger partial charge in [-0.15, -0.1) is 0 Å². The lowest BCUT2D eigenvalue weighted by Crippen LogP contribution is -2.31. The molecule has 98 valence electrons. The van der Waals surface area contributed by atoms with Crippen LogP contribution in [0.2, 0.25) is 5.02 Å². The number of benzene rings is 1. The molecule has 0 unspecified atom stereocenters. The first kappa shape index (κ1) is 13.0. The summed E-state index contributed by atoms with van der Waals surface area (Å²) < 4.78 is 13.9. The zero-order valence-electron chi connectivity index (χ0n) is 10.3. The molecule has 1 aliphatic heterocycles. The van der Waals surface area contributed by atoms with E-state index in [0.29, 0.717) is 22.4 Å². The van der Waals surface area contributed by atoms with Gasteiger partial charge in [-0.1, -0.05) is 11.6 Å². The normalized spacial score (nSPS) is 18.4. The van der Waals surface area contributed by atoms with Crippen LogP contribution in [0.15, 0.2) is 30.1 Å². The van der Waals surface area contributed by atoms with Crippen molar-refractivity contribution in [2.45, 2.75) is 6.92 Å². The minimum atomic E-state index is -0.285. The fourth-order valence-electron chi connectivity index (χ4n) is 2.16. The van der Waals surface area contributed by atoms with Crippen LogP contribution in [-0.4, -0.2) is 19.6 Å². The number of halogens is 2. The molecule has 0 saturated heterocycles. The molecular formula is C13H17ClFN3. The third kappa shape index (κ3) is 2.88. The topological polar surface area (TPSA) is 41.3 Å². The standard InChI is InChI=1S/C13H17ClFN3/c1-2-18(8-9-5-13(16)17-7-9)12-4-3-10(14)6-11(12)15/h3-6,9,17H,2,7-8,16H2,1H3/t9-/m1/s1. The number of hydrogen-bond donors (Lipinski definition) is 2. The maximum atomic E-state index is 13.9. The van der Waals surface area contributed by atoms with Crippen molar-refractivity contribution in [3.63, 3.8) is 0 Å². The first-order valence-electron chi connectivity index (χ1n) is 6.01. The zero-order chi connectivity index (χ0) is 13.1. The third-order valence-electron chi connectivity index (χ3n) is 3.07. The number of rotatable bonds is 4. The van der Waals surface area contributed by atoms with Crippen molar-refractivity contribution < 1.29 is 4.39 Å². The highest BCUT2D eigenvalue weighted by Crippen LogP contribution is 2.24. The molecular weight excluding hydrogens is 253 g/mol. The second-order valence-corrected chi connectivity index (χ2v) is 4.83. The summed E-state index contributed by atoms with van der Waals surface area (Å²) in [4.78, 5) is 1.99. The number of nitrogens with zero attached hydrogens (tertiary/aromatic N) is 1. The van der Waals surface area contributed by atoms with E-state index < -0.39 is 0 Å². The Morgan fingerprint density at radius 3 is 2.89 bits per heavy atom. The van der Waals surface area contributed by atoms with Gasteiger partial charge in [0.05, 0.1) is 11.5 Å². The van der Waals surface area contributed by atoms with Gasteiger partial charge in [0.2, 0.25) is 0 Å². The van der Waals surface area contributed by atoms with E-state index >= 15 is 0 Å². The molecule has 18 heavy (non-hydrogen) atoms. The zero-order valence-corrected chi connectivity index (χ0v) is 11.0. The van der Waals surface area contributed by atoms with Crippen LogP contribution in [-0.2, 0) is 0 Å². The second kappa shape index (κ2) is 5.48. The average molecular weight is 270 g/mol. The van der Waals surface area contributed by atoms with Crippen molar-refractivity contribution >= 4 is 17.3 Å². The average Bonchev–Trinajstić information content (AvgIpc) is 2.72. The molecule has 1 heterocycles. The highest BCUT2D eigenvalue weighted by Gasteiger charge is 2.18. The van der Waals surface area contributed by atoms with Gasteiger partial charge in [0.1, 0.15) is 5.82 Å². The highest BCUT2D eigenvalue weighted by molar-refractivity contribution is 6.30. The van der Waals surface area contributed by atoms with Crippen molar-refractivity contribution in [2.24, 2.45) is 11.7 Å². The van der Waals surface area contributed by atoms with Gasteiger partial charge < -0.3 is 16.0 Å². The molecule has 0 saturated carbocycles. The Balaban J connectivity index is 2.13. The molecule has 0 radical (unpaired) electrons. The van der Waals surface area contributed by atoms with Gasteiger partial charge in [-0.25, -0.2) is 4.39 Å². The van der Waals surface area contributed by atoms with Crippen LogP contribution in [0.25, 0.3) is 0 Å². The van der Waals surface area contributed by atoms with Crippen molar-refractivity contribution in [1.29, 1.82) is 0 Å². The van der Waals surface area contributed by atoms with Crippen LogP contribution in [0.4, 0.5) is 10.1 Å². The molecule has 0 fully saturated rings. The molecule has 2 rings (SSSR count). The molecule has 0 bridgehead atoms. The molecule has 0 spiro atoms. The first-order chi connectivity index (χ1) is 8.60. The summed E-state index contributed by atoms with van der Waals surface area (Å²) in [5.41, 5.74) is 6.25.